The van der Waals surface area contributed by atoms with Gasteiger partial charge in [-0.25, -0.2) is 0 Å². The molecule has 0 aromatic heterocycles. The van der Waals surface area contributed by atoms with Gasteiger partial charge in [0.15, 0.2) is 0 Å². The molecule has 1 aromatic rings. The van der Waals surface area contributed by atoms with Crippen LogP contribution < -0.4 is 5.32 Å². The Morgan fingerprint density at radius 1 is 1.33 bits per heavy atom. The molecule has 2 heterocycles. The molecule has 2 heteroatoms. The van der Waals surface area contributed by atoms with Crippen molar-refractivity contribution in [3.8, 4) is 0 Å². The van der Waals surface area contributed by atoms with E-state index in [4.69, 9.17) is 0 Å². The first-order chi connectivity index (χ1) is 7.42. The van der Waals surface area contributed by atoms with E-state index in [0.717, 1.165) is 11.2 Å². The Morgan fingerprint density at radius 3 is 3.07 bits per heavy atom. The van der Waals surface area contributed by atoms with Gasteiger partial charge in [0.1, 0.15) is 0 Å². The van der Waals surface area contributed by atoms with Gasteiger partial charge in [-0.3, -0.25) is 0 Å². The molecule has 80 valence electrons. The SMILES string of the molecule is c1ccc2c(c1)CC(CC1CCNC1)S2. The molecular formula is C13H17NS. The Labute approximate surface area is 95.6 Å². The summed E-state index contributed by atoms with van der Waals surface area (Å²) in [7, 11) is 0. The highest BCUT2D eigenvalue weighted by atomic mass is 32.2. The molecule has 0 saturated carbocycles. The molecule has 2 aliphatic heterocycles. The van der Waals surface area contributed by atoms with Gasteiger partial charge in [-0.1, -0.05) is 18.2 Å². The van der Waals surface area contributed by atoms with Crippen molar-refractivity contribution in [3.05, 3.63) is 29.8 Å². The van der Waals surface area contributed by atoms with Gasteiger partial charge >= 0.3 is 0 Å². The lowest BCUT2D eigenvalue weighted by molar-refractivity contribution is 0.521. The van der Waals surface area contributed by atoms with Crippen LogP contribution in [0.1, 0.15) is 18.4 Å². The van der Waals surface area contributed by atoms with E-state index in [1.807, 2.05) is 0 Å². The third-order valence-electron chi connectivity index (χ3n) is 3.47. The van der Waals surface area contributed by atoms with Gasteiger partial charge in [-0.2, -0.15) is 0 Å². The fourth-order valence-corrected chi connectivity index (χ4v) is 4.12. The smallest absolute Gasteiger partial charge is 0.0138 e. The van der Waals surface area contributed by atoms with E-state index < -0.39 is 0 Å². The van der Waals surface area contributed by atoms with Crippen molar-refractivity contribution in [2.45, 2.75) is 29.4 Å². The van der Waals surface area contributed by atoms with Gasteiger partial charge in [-0.05, 0) is 49.9 Å². The van der Waals surface area contributed by atoms with Gasteiger partial charge in [-0.15, -0.1) is 11.8 Å². The van der Waals surface area contributed by atoms with Crippen LogP contribution >= 0.6 is 11.8 Å². The van der Waals surface area contributed by atoms with Crippen LogP contribution in [0.25, 0.3) is 0 Å². The van der Waals surface area contributed by atoms with Gasteiger partial charge in [0.25, 0.3) is 0 Å². The quantitative estimate of drug-likeness (QED) is 0.821. The molecule has 2 atom stereocenters. The minimum absolute atomic E-state index is 0.840. The van der Waals surface area contributed by atoms with Crippen molar-refractivity contribution < 1.29 is 0 Å². The van der Waals surface area contributed by atoms with Gasteiger partial charge < -0.3 is 5.32 Å². The van der Waals surface area contributed by atoms with E-state index in [1.165, 1.54) is 37.2 Å². The standard InChI is InChI=1S/C13H17NS/c1-2-4-13-11(3-1)8-12(15-13)7-10-5-6-14-9-10/h1-4,10,12,14H,5-9H2. The van der Waals surface area contributed by atoms with Crippen molar-refractivity contribution in [2.75, 3.05) is 13.1 Å². The van der Waals surface area contributed by atoms with Crippen LogP contribution in [0.2, 0.25) is 0 Å². The zero-order valence-electron chi connectivity index (χ0n) is 8.91. The first-order valence-electron chi connectivity index (χ1n) is 5.87. The van der Waals surface area contributed by atoms with Crippen LogP contribution in [-0.4, -0.2) is 18.3 Å². The van der Waals surface area contributed by atoms with Crippen LogP contribution in [0.15, 0.2) is 29.2 Å². The molecule has 3 rings (SSSR count). The molecule has 1 aromatic carbocycles. The van der Waals surface area contributed by atoms with Crippen molar-refractivity contribution >= 4 is 11.8 Å². The molecule has 0 aliphatic carbocycles. The Balaban J connectivity index is 1.63. The Kier molecular flexibility index (Phi) is 2.72. The number of nitrogens with one attached hydrogen (secondary N) is 1. The zero-order valence-corrected chi connectivity index (χ0v) is 9.72. The Bertz CT molecular complexity index is 319. The fourth-order valence-electron chi connectivity index (χ4n) is 2.67. The van der Waals surface area contributed by atoms with Gasteiger partial charge in [0, 0.05) is 10.1 Å². The third-order valence-corrected chi connectivity index (χ3v) is 4.82. The number of thioether (sulfide) groups is 1. The van der Waals surface area contributed by atoms with E-state index in [2.05, 4.69) is 41.3 Å². The monoisotopic (exact) mass is 219 g/mol. The van der Waals surface area contributed by atoms with Crippen molar-refractivity contribution in [1.82, 2.24) is 5.32 Å². The first-order valence-corrected chi connectivity index (χ1v) is 6.75. The predicted molar refractivity (Wildman–Crippen MR) is 65.4 cm³/mol. The second kappa shape index (κ2) is 4.18. The highest BCUT2D eigenvalue weighted by Crippen LogP contribution is 2.40. The van der Waals surface area contributed by atoms with E-state index in [0.29, 0.717) is 0 Å². The van der Waals surface area contributed by atoms with Gasteiger partial charge in [0.2, 0.25) is 0 Å². The lowest BCUT2D eigenvalue weighted by atomic mass is 9.99. The molecular weight excluding hydrogens is 202 g/mol. The number of hydrogen-bond acceptors (Lipinski definition) is 2. The first kappa shape index (κ1) is 9.73. The van der Waals surface area contributed by atoms with Crippen LogP contribution in [-0.2, 0) is 6.42 Å². The molecule has 0 spiro atoms. The topological polar surface area (TPSA) is 12.0 Å². The van der Waals surface area contributed by atoms with Crippen molar-refractivity contribution in [3.63, 3.8) is 0 Å². The minimum atomic E-state index is 0.840. The highest BCUT2D eigenvalue weighted by Gasteiger charge is 2.26. The second-order valence-corrected chi connectivity index (χ2v) is 5.99. The van der Waals surface area contributed by atoms with Crippen LogP contribution in [0, 0.1) is 5.92 Å². The predicted octanol–water partition coefficient (Wildman–Crippen LogP) is 2.70. The minimum Gasteiger partial charge on any atom is -0.316 e. The average Bonchev–Trinajstić information content (AvgIpc) is 2.86. The molecule has 0 radical (unpaired) electrons. The molecule has 1 fully saturated rings. The van der Waals surface area contributed by atoms with Crippen LogP contribution in [0.5, 0.6) is 0 Å². The normalized spacial score (nSPS) is 29.3. The largest absolute Gasteiger partial charge is 0.316 e. The lowest BCUT2D eigenvalue weighted by Crippen LogP contribution is -2.13. The number of rotatable bonds is 2. The van der Waals surface area contributed by atoms with Crippen LogP contribution in [0.3, 0.4) is 0 Å². The summed E-state index contributed by atoms with van der Waals surface area (Å²) in [5.74, 6) is 0.928. The van der Waals surface area contributed by atoms with Crippen molar-refractivity contribution in [1.29, 1.82) is 0 Å². The summed E-state index contributed by atoms with van der Waals surface area (Å²) in [5, 5.41) is 4.30. The average molecular weight is 219 g/mol. The summed E-state index contributed by atoms with van der Waals surface area (Å²) in [6.07, 6.45) is 4.07. The molecule has 1 saturated heterocycles. The summed E-state index contributed by atoms with van der Waals surface area (Å²) in [6.45, 7) is 2.47. The summed E-state index contributed by atoms with van der Waals surface area (Å²) in [6, 6.07) is 8.88. The van der Waals surface area contributed by atoms with Crippen molar-refractivity contribution in [2.24, 2.45) is 5.92 Å². The molecule has 1 nitrogen and oxygen atoms in total. The third kappa shape index (κ3) is 2.06. The summed E-state index contributed by atoms with van der Waals surface area (Å²) >= 11 is 2.10. The maximum absolute atomic E-state index is 3.46. The number of fused-ring (bicyclic) bond motifs is 1. The zero-order chi connectivity index (χ0) is 10.1. The lowest BCUT2D eigenvalue weighted by Gasteiger charge is -2.13. The fraction of sp³-hybridized carbons (Fsp3) is 0.538. The number of benzene rings is 1. The molecule has 1 N–H and O–H groups in total. The summed E-state index contributed by atoms with van der Waals surface area (Å²) < 4.78 is 0. The Hall–Kier alpha value is -0.470. The maximum Gasteiger partial charge on any atom is 0.0138 e. The number of hydrogen-bond donors (Lipinski definition) is 1. The molecule has 0 bridgehead atoms. The maximum atomic E-state index is 3.46. The van der Waals surface area contributed by atoms with E-state index in [-0.39, 0.29) is 0 Å². The second-order valence-electron chi connectivity index (χ2n) is 4.65. The summed E-state index contributed by atoms with van der Waals surface area (Å²) in [5.41, 5.74) is 1.57. The van der Waals surface area contributed by atoms with Crippen LogP contribution in [0.4, 0.5) is 0 Å². The molecule has 2 unspecified atom stereocenters. The van der Waals surface area contributed by atoms with E-state index >= 15 is 0 Å². The Morgan fingerprint density at radius 2 is 2.27 bits per heavy atom. The van der Waals surface area contributed by atoms with E-state index in [9.17, 15) is 0 Å². The molecule has 15 heavy (non-hydrogen) atoms. The molecule has 0 amide bonds. The van der Waals surface area contributed by atoms with Gasteiger partial charge in [0.05, 0.1) is 0 Å². The van der Waals surface area contributed by atoms with E-state index in [1.54, 1.807) is 5.56 Å². The summed E-state index contributed by atoms with van der Waals surface area (Å²) in [4.78, 5) is 1.52. The highest BCUT2D eigenvalue weighted by molar-refractivity contribution is 8.00. The molecule has 2 aliphatic rings.